The number of anilines is 1. The molecule has 2 rings (SSSR count). The highest BCUT2D eigenvalue weighted by Gasteiger charge is 2.16. The number of amides is 1. The van der Waals surface area contributed by atoms with E-state index in [0.29, 0.717) is 15.2 Å². The lowest BCUT2D eigenvalue weighted by molar-refractivity contribution is -0.380. The molecular weight excluding hydrogens is 356 g/mol. The van der Waals surface area contributed by atoms with Crippen LogP contribution in [0, 0.1) is 10.1 Å². The Kier molecular flexibility index (Phi) is 4.18. The molecule has 0 aliphatic rings. The molecule has 1 N–H and O–H groups in total. The second-order valence-electron chi connectivity index (χ2n) is 3.47. The van der Waals surface area contributed by atoms with Gasteiger partial charge in [-0.05, 0) is 40.2 Å². The third-order valence-corrected chi connectivity index (χ3v) is 4.13. The van der Waals surface area contributed by atoms with Crippen molar-refractivity contribution < 1.29 is 9.72 Å². The summed E-state index contributed by atoms with van der Waals surface area (Å²) < 4.78 is 0.677. The topological polar surface area (TPSA) is 72.2 Å². The fourth-order valence-electron chi connectivity index (χ4n) is 1.33. The molecule has 1 aromatic heterocycles. The van der Waals surface area contributed by atoms with Crippen LogP contribution in [0.15, 0.2) is 34.8 Å². The van der Waals surface area contributed by atoms with E-state index in [4.69, 9.17) is 11.6 Å². The third kappa shape index (κ3) is 3.31. The number of rotatable bonds is 3. The van der Waals surface area contributed by atoms with Gasteiger partial charge in [-0.15, -0.1) is 0 Å². The molecule has 0 saturated heterocycles. The molecule has 0 fully saturated rings. The average Bonchev–Trinajstić information content (AvgIpc) is 2.83. The number of nitrogens with zero attached hydrogens (tertiary/aromatic N) is 1. The van der Waals surface area contributed by atoms with E-state index in [0.717, 1.165) is 11.3 Å². The van der Waals surface area contributed by atoms with Crippen LogP contribution in [0.25, 0.3) is 0 Å². The van der Waals surface area contributed by atoms with Gasteiger partial charge < -0.3 is 5.32 Å². The van der Waals surface area contributed by atoms with Gasteiger partial charge in [-0.1, -0.05) is 22.9 Å². The van der Waals surface area contributed by atoms with Crippen LogP contribution in [0.5, 0.6) is 0 Å². The summed E-state index contributed by atoms with van der Waals surface area (Å²) in [6.07, 6.45) is 0. The molecule has 0 aliphatic heterocycles. The zero-order valence-corrected chi connectivity index (χ0v) is 12.4. The molecule has 0 bridgehead atoms. The summed E-state index contributed by atoms with van der Waals surface area (Å²) in [6.45, 7) is 0. The van der Waals surface area contributed by atoms with Crippen molar-refractivity contribution in [2.75, 3.05) is 5.32 Å². The number of carbonyl (C=O) groups is 1. The highest BCUT2D eigenvalue weighted by molar-refractivity contribution is 9.10. The molecule has 1 aromatic carbocycles. The number of benzene rings is 1. The first-order valence-corrected chi connectivity index (χ1v) is 6.97. The smallest absolute Gasteiger partial charge is 0.320 e. The molecule has 0 radical (unpaired) electrons. The van der Waals surface area contributed by atoms with Gasteiger partial charge in [0.05, 0.1) is 15.5 Å². The van der Waals surface area contributed by atoms with Crippen LogP contribution < -0.4 is 5.32 Å². The van der Waals surface area contributed by atoms with Crippen LogP contribution in [-0.2, 0) is 0 Å². The fourth-order valence-corrected chi connectivity index (χ4v) is 2.56. The van der Waals surface area contributed by atoms with Crippen LogP contribution in [0.3, 0.4) is 0 Å². The zero-order valence-electron chi connectivity index (χ0n) is 9.22. The quantitative estimate of drug-likeness (QED) is 0.653. The number of nitro groups is 1. The maximum Gasteiger partial charge on any atom is 0.324 e. The lowest BCUT2D eigenvalue weighted by Gasteiger charge is -2.06. The second kappa shape index (κ2) is 5.68. The molecule has 0 unspecified atom stereocenters. The van der Waals surface area contributed by atoms with Gasteiger partial charge in [-0.3, -0.25) is 14.9 Å². The van der Waals surface area contributed by atoms with Gasteiger partial charge in [0.15, 0.2) is 0 Å². The van der Waals surface area contributed by atoms with Crippen LogP contribution in [0.2, 0.25) is 5.02 Å². The first kappa shape index (κ1) is 14.0. The lowest BCUT2D eigenvalue weighted by Crippen LogP contribution is -2.10. The Morgan fingerprint density at radius 2 is 2.11 bits per heavy atom. The van der Waals surface area contributed by atoms with Crippen molar-refractivity contribution in [2.45, 2.75) is 0 Å². The van der Waals surface area contributed by atoms with Gasteiger partial charge in [-0.25, -0.2) is 0 Å². The Labute approximate surface area is 125 Å². The fraction of sp³-hybridized carbons (Fsp3) is 0. The van der Waals surface area contributed by atoms with Gasteiger partial charge in [0.2, 0.25) is 0 Å². The summed E-state index contributed by atoms with van der Waals surface area (Å²) in [6, 6.07) is 7.68. The van der Waals surface area contributed by atoms with Gasteiger partial charge in [0, 0.05) is 15.6 Å². The minimum Gasteiger partial charge on any atom is -0.320 e. The van der Waals surface area contributed by atoms with Gasteiger partial charge in [-0.2, -0.15) is 0 Å². The summed E-state index contributed by atoms with van der Waals surface area (Å²) in [5, 5.41) is 13.6. The maximum absolute atomic E-state index is 11.9. The van der Waals surface area contributed by atoms with Crippen molar-refractivity contribution in [1.29, 1.82) is 0 Å². The van der Waals surface area contributed by atoms with Crippen LogP contribution in [-0.4, -0.2) is 10.8 Å². The summed E-state index contributed by atoms with van der Waals surface area (Å²) >= 11 is 9.93. The first-order valence-electron chi connectivity index (χ1n) is 4.98. The largest absolute Gasteiger partial charge is 0.324 e. The Bertz CT molecular complexity index is 659. The van der Waals surface area contributed by atoms with Gasteiger partial charge in [0.1, 0.15) is 0 Å². The monoisotopic (exact) mass is 360 g/mol. The number of thiophene rings is 1. The number of hydrogen-bond acceptors (Lipinski definition) is 4. The molecule has 19 heavy (non-hydrogen) atoms. The molecule has 0 spiro atoms. The molecule has 1 heterocycles. The normalized spacial score (nSPS) is 10.2. The van der Waals surface area contributed by atoms with E-state index in [1.54, 1.807) is 18.2 Å². The minimum atomic E-state index is -0.531. The predicted molar refractivity (Wildman–Crippen MR) is 78.1 cm³/mol. The van der Waals surface area contributed by atoms with Crippen molar-refractivity contribution in [1.82, 2.24) is 0 Å². The molecule has 0 aliphatic carbocycles. The second-order valence-corrected chi connectivity index (χ2v) is 5.83. The standard InChI is InChI=1S/C11H6BrClN2O3S/c12-7-2-1-6(13)5-8(7)14-11(16)9-3-4-10(19-9)15(17)18/h1-5H,(H,14,16). The summed E-state index contributed by atoms with van der Waals surface area (Å²) in [5.74, 6) is -0.416. The molecule has 1 amide bonds. The molecule has 2 aromatic rings. The maximum atomic E-state index is 11.9. The molecule has 5 nitrogen and oxygen atoms in total. The lowest BCUT2D eigenvalue weighted by atomic mass is 10.3. The van der Waals surface area contributed by atoms with Gasteiger partial charge >= 0.3 is 5.00 Å². The van der Waals surface area contributed by atoms with E-state index in [9.17, 15) is 14.9 Å². The molecule has 0 saturated carbocycles. The van der Waals surface area contributed by atoms with E-state index in [1.165, 1.54) is 12.1 Å². The Morgan fingerprint density at radius 3 is 2.74 bits per heavy atom. The van der Waals surface area contributed by atoms with Crippen molar-refractivity contribution in [2.24, 2.45) is 0 Å². The molecule has 0 atom stereocenters. The van der Waals surface area contributed by atoms with E-state index < -0.39 is 10.8 Å². The number of halogens is 2. The number of nitrogens with one attached hydrogen (secondary N) is 1. The van der Waals surface area contributed by atoms with E-state index in [-0.39, 0.29) is 9.88 Å². The van der Waals surface area contributed by atoms with Crippen molar-refractivity contribution in [3.05, 3.63) is 54.8 Å². The zero-order chi connectivity index (χ0) is 14.0. The number of carbonyl (C=O) groups excluding carboxylic acids is 1. The van der Waals surface area contributed by atoms with Crippen LogP contribution in [0.1, 0.15) is 9.67 Å². The highest BCUT2D eigenvalue weighted by Crippen LogP contribution is 2.28. The first-order chi connectivity index (χ1) is 8.97. The van der Waals surface area contributed by atoms with Crippen molar-refractivity contribution >= 4 is 55.5 Å². The van der Waals surface area contributed by atoms with Gasteiger partial charge in [0.25, 0.3) is 5.91 Å². The SMILES string of the molecule is O=C(Nc1cc(Cl)ccc1Br)c1ccc([N+](=O)[O-])s1. The summed E-state index contributed by atoms with van der Waals surface area (Å²) in [4.78, 5) is 22.2. The van der Waals surface area contributed by atoms with Crippen LogP contribution in [0.4, 0.5) is 10.7 Å². The predicted octanol–water partition coefficient (Wildman–Crippen LogP) is 4.32. The third-order valence-electron chi connectivity index (χ3n) is 2.17. The summed E-state index contributed by atoms with van der Waals surface area (Å²) in [5.41, 5.74) is 0.508. The van der Waals surface area contributed by atoms with E-state index in [2.05, 4.69) is 21.2 Å². The van der Waals surface area contributed by atoms with Crippen molar-refractivity contribution in [3.63, 3.8) is 0 Å². The Balaban J connectivity index is 2.20. The van der Waals surface area contributed by atoms with E-state index in [1.807, 2.05) is 0 Å². The summed E-state index contributed by atoms with van der Waals surface area (Å²) in [7, 11) is 0. The average molecular weight is 362 g/mol. The Morgan fingerprint density at radius 1 is 1.37 bits per heavy atom. The highest BCUT2D eigenvalue weighted by atomic mass is 79.9. The van der Waals surface area contributed by atoms with Crippen molar-refractivity contribution in [3.8, 4) is 0 Å². The molecule has 8 heteroatoms. The van der Waals surface area contributed by atoms with E-state index >= 15 is 0 Å². The Hall–Kier alpha value is -1.44. The minimum absolute atomic E-state index is 0.0738. The van der Waals surface area contributed by atoms with Crippen LogP contribution >= 0.6 is 38.9 Å². The molecular formula is C11H6BrClN2O3S. The molecule has 98 valence electrons. The number of hydrogen-bond donors (Lipinski definition) is 1.